The minimum atomic E-state index is -0.0654. The average Bonchev–Trinajstić information content (AvgIpc) is 3.03. The van der Waals surface area contributed by atoms with Gasteiger partial charge in [0.15, 0.2) is 0 Å². The molecule has 0 atom stereocenters. The van der Waals surface area contributed by atoms with Crippen molar-refractivity contribution in [3.05, 3.63) is 51.3 Å². The summed E-state index contributed by atoms with van der Waals surface area (Å²) in [4.78, 5) is 24.7. The summed E-state index contributed by atoms with van der Waals surface area (Å²) in [6.45, 7) is 5.51. The number of rotatable bonds is 2. The maximum atomic E-state index is 12.9. The van der Waals surface area contributed by atoms with E-state index in [2.05, 4.69) is 25.3 Å². The number of benzene rings is 1. The lowest BCUT2D eigenvalue weighted by Gasteiger charge is -2.27. The van der Waals surface area contributed by atoms with Crippen LogP contribution in [0.5, 0.6) is 0 Å². The predicted molar refractivity (Wildman–Crippen MR) is 121 cm³/mol. The van der Waals surface area contributed by atoms with E-state index in [4.69, 9.17) is 28.3 Å². The van der Waals surface area contributed by atoms with Crippen molar-refractivity contribution in [2.75, 3.05) is 42.7 Å². The fourth-order valence-electron chi connectivity index (χ4n) is 3.31. The van der Waals surface area contributed by atoms with E-state index in [0.717, 1.165) is 38.4 Å². The summed E-state index contributed by atoms with van der Waals surface area (Å²) in [5.41, 5.74) is 11.3. The third-order valence-electron chi connectivity index (χ3n) is 4.83. The van der Waals surface area contributed by atoms with Crippen LogP contribution in [0.15, 0.2) is 29.3 Å². The third kappa shape index (κ3) is 4.84. The third-order valence-corrected chi connectivity index (χ3v) is 5.14. The molecule has 2 aromatic heterocycles. The molecule has 0 amide bonds. The first-order valence-corrected chi connectivity index (χ1v) is 10.3. The van der Waals surface area contributed by atoms with Crippen LogP contribution in [-0.4, -0.2) is 45.8 Å². The van der Waals surface area contributed by atoms with E-state index in [1.807, 2.05) is 19.1 Å². The summed E-state index contributed by atoms with van der Waals surface area (Å²) < 4.78 is 1.72. The van der Waals surface area contributed by atoms with Crippen molar-refractivity contribution in [2.24, 2.45) is 0 Å². The second kappa shape index (κ2) is 10.1. The largest absolute Gasteiger partial charge is 0.382 e. The Bertz CT molecular complexity index is 1140. The molecule has 1 saturated heterocycles. The molecule has 0 radical (unpaired) electrons. The highest BCUT2D eigenvalue weighted by molar-refractivity contribution is 6.35. The molecule has 162 valence electrons. The van der Waals surface area contributed by atoms with Crippen LogP contribution >= 0.6 is 11.6 Å². The highest BCUT2D eigenvalue weighted by atomic mass is 35.5. The standard InChI is InChI=1S/C15H19ClN4O.C5H5N5/c1-2-13-18-12-6-3-5-11(16)14(12)15(21)20(13)19-9-4-7-17-8-10-19;6-1-3-4(7)9-2-10-5(3)8/h3,5-6,17H,2,4,7-10H2,1H3;2H,(H4,7,8,9,10). The number of hydrogen-bond acceptors (Lipinski definition) is 9. The average molecular weight is 442 g/mol. The van der Waals surface area contributed by atoms with Gasteiger partial charge in [0.05, 0.1) is 15.9 Å². The van der Waals surface area contributed by atoms with Crippen LogP contribution < -0.4 is 27.4 Å². The first kappa shape index (κ1) is 22.3. The van der Waals surface area contributed by atoms with E-state index in [1.54, 1.807) is 16.8 Å². The number of aryl methyl sites for hydroxylation is 1. The molecule has 4 rings (SSSR count). The number of anilines is 2. The Morgan fingerprint density at radius 2 is 1.97 bits per heavy atom. The Morgan fingerprint density at radius 3 is 2.61 bits per heavy atom. The van der Waals surface area contributed by atoms with Gasteiger partial charge in [0.2, 0.25) is 0 Å². The van der Waals surface area contributed by atoms with Gasteiger partial charge in [-0.15, -0.1) is 0 Å². The van der Waals surface area contributed by atoms with E-state index >= 15 is 0 Å². The summed E-state index contributed by atoms with van der Waals surface area (Å²) in [6, 6.07) is 7.20. The quantitative estimate of drug-likeness (QED) is 0.529. The monoisotopic (exact) mass is 441 g/mol. The highest BCUT2D eigenvalue weighted by Gasteiger charge is 2.18. The number of halogens is 1. The van der Waals surface area contributed by atoms with Crippen LogP contribution in [-0.2, 0) is 6.42 Å². The molecule has 3 aromatic rings. The summed E-state index contributed by atoms with van der Waals surface area (Å²) in [6.07, 6.45) is 2.93. The van der Waals surface area contributed by atoms with E-state index in [-0.39, 0.29) is 22.8 Å². The molecular weight excluding hydrogens is 418 g/mol. The Hall–Kier alpha value is -3.42. The van der Waals surface area contributed by atoms with Gasteiger partial charge in [-0.3, -0.25) is 4.79 Å². The summed E-state index contributed by atoms with van der Waals surface area (Å²) in [7, 11) is 0. The van der Waals surface area contributed by atoms with Gasteiger partial charge in [-0.2, -0.15) is 5.26 Å². The smallest absolute Gasteiger partial charge is 0.281 e. The zero-order valence-corrected chi connectivity index (χ0v) is 17.9. The summed E-state index contributed by atoms with van der Waals surface area (Å²) in [5, 5.41) is 14.8. The van der Waals surface area contributed by atoms with Gasteiger partial charge in [-0.1, -0.05) is 24.6 Å². The van der Waals surface area contributed by atoms with Crippen molar-refractivity contribution < 1.29 is 0 Å². The Labute approximate surface area is 184 Å². The normalized spacial score (nSPS) is 13.8. The molecule has 1 aliphatic heterocycles. The minimum absolute atomic E-state index is 0.0654. The van der Waals surface area contributed by atoms with Gasteiger partial charge in [0, 0.05) is 26.1 Å². The van der Waals surface area contributed by atoms with E-state index in [1.165, 1.54) is 6.33 Å². The Balaban J connectivity index is 0.000000229. The first-order chi connectivity index (χ1) is 15.0. The van der Waals surface area contributed by atoms with Crippen LogP contribution in [0.1, 0.15) is 24.7 Å². The molecule has 5 N–H and O–H groups in total. The molecule has 1 aliphatic rings. The second-order valence-electron chi connectivity index (χ2n) is 6.82. The van der Waals surface area contributed by atoms with Crippen molar-refractivity contribution >= 4 is 34.1 Å². The highest BCUT2D eigenvalue weighted by Crippen LogP contribution is 2.19. The number of nitrogens with zero attached hydrogens (tertiary/aromatic N) is 6. The number of fused-ring (bicyclic) bond motifs is 1. The first-order valence-electron chi connectivity index (χ1n) is 9.90. The fraction of sp³-hybridized carbons (Fsp3) is 0.350. The second-order valence-corrected chi connectivity index (χ2v) is 7.23. The van der Waals surface area contributed by atoms with Crippen LogP contribution in [0.25, 0.3) is 10.9 Å². The molecule has 0 aliphatic carbocycles. The molecule has 3 heterocycles. The number of nitriles is 1. The van der Waals surface area contributed by atoms with Crippen molar-refractivity contribution in [1.82, 2.24) is 24.9 Å². The van der Waals surface area contributed by atoms with Gasteiger partial charge < -0.3 is 21.8 Å². The van der Waals surface area contributed by atoms with Crippen LogP contribution in [0, 0.1) is 11.3 Å². The number of aromatic nitrogens is 4. The zero-order chi connectivity index (χ0) is 22.4. The summed E-state index contributed by atoms with van der Waals surface area (Å²) in [5.74, 6) is 1.03. The van der Waals surface area contributed by atoms with Gasteiger partial charge in [0.1, 0.15) is 35.4 Å². The maximum absolute atomic E-state index is 12.9. The van der Waals surface area contributed by atoms with Gasteiger partial charge >= 0.3 is 0 Å². The van der Waals surface area contributed by atoms with E-state index in [0.29, 0.717) is 22.3 Å². The van der Waals surface area contributed by atoms with Crippen molar-refractivity contribution in [3.8, 4) is 6.07 Å². The van der Waals surface area contributed by atoms with Gasteiger partial charge in [0.25, 0.3) is 5.56 Å². The lowest BCUT2D eigenvalue weighted by molar-refractivity contribution is 0.552. The molecule has 0 bridgehead atoms. The van der Waals surface area contributed by atoms with Crippen LogP contribution in [0.2, 0.25) is 5.02 Å². The summed E-state index contributed by atoms with van der Waals surface area (Å²) >= 11 is 6.22. The molecule has 10 nitrogen and oxygen atoms in total. The zero-order valence-electron chi connectivity index (χ0n) is 17.2. The maximum Gasteiger partial charge on any atom is 0.281 e. The van der Waals surface area contributed by atoms with E-state index in [9.17, 15) is 4.79 Å². The van der Waals surface area contributed by atoms with Gasteiger partial charge in [-0.25, -0.2) is 19.6 Å². The van der Waals surface area contributed by atoms with Gasteiger partial charge in [-0.05, 0) is 25.1 Å². The molecule has 11 heteroatoms. The van der Waals surface area contributed by atoms with Crippen molar-refractivity contribution in [3.63, 3.8) is 0 Å². The van der Waals surface area contributed by atoms with Crippen molar-refractivity contribution in [2.45, 2.75) is 19.8 Å². The number of hydrogen-bond donors (Lipinski definition) is 3. The SMILES string of the molecule is CCc1nc2cccc(Cl)c2c(=O)n1N1CCCNCC1.N#Cc1c(N)ncnc1N. The number of nitrogens with one attached hydrogen (secondary N) is 1. The van der Waals surface area contributed by atoms with E-state index < -0.39 is 0 Å². The Kier molecular flexibility index (Phi) is 7.23. The lowest BCUT2D eigenvalue weighted by atomic mass is 10.2. The lowest BCUT2D eigenvalue weighted by Crippen LogP contribution is -2.46. The molecular formula is C20H24ClN9O. The minimum Gasteiger partial charge on any atom is -0.382 e. The number of nitrogens with two attached hydrogens (primary N) is 2. The van der Waals surface area contributed by atoms with Crippen LogP contribution in [0.3, 0.4) is 0 Å². The van der Waals surface area contributed by atoms with Crippen molar-refractivity contribution in [1.29, 1.82) is 5.26 Å². The molecule has 1 fully saturated rings. The molecule has 0 spiro atoms. The predicted octanol–water partition coefficient (Wildman–Crippen LogP) is 1.06. The molecule has 0 unspecified atom stereocenters. The Morgan fingerprint density at radius 1 is 1.23 bits per heavy atom. The molecule has 31 heavy (non-hydrogen) atoms. The molecule has 1 aromatic carbocycles. The van der Waals surface area contributed by atoms with Crippen LogP contribution in [0.4, 0.5) is 11.6 Å². The molecule has 0 saturated carbocycles. The number of nitrogen functional groups attached to an aromatic ring is 2. The fourth-order valence-corrected chi connectivity index (χ4v) is 3.56. The topological polar surface area (TPSA) is 152 Å².